The molecule has 4 heteroatoms. The summed E-state index contributed by atoms with van der Waals surface area (Å²) in [5, 5.41) is 5.32. The van der Waals surface area contributed by atoms with E-state index in [0.717, 1.165) is 31.5 Å². The average Bonchev–Trinajstić information content (AvgIpc) is 3.26. The average molecular weight is 343 g/mol. The lowest BCUT2D eigenvalue weighted by atomic mass is 10.0. The van der Waals surface area contributed by atoms with Crippen molar-refractivity contribution in [1.29, 1.82) is 0 Å². The van der Waals surface area contributed by atoms with E-state index >= 15 is 0 Å². The first-order valence-electron chi connectivity index (χ1n) is 8.91. The molecule has 3 rings (SSSR count). The summed E-state index contributed by atoms with van der Waals surface area (Å²) in [6.07, 6.45) is 4.19. The number of amides is 1. The number of likely N-dealkylation sites (tertiary alicyclic amines) is 1. The number of aryl methyl sites for hydroxylation is 2. The molecule has 1 saturated heterocycles. The molecule has 0 aliphatic carbocycles. The van der Waals surface area contributed by atoms with Gasteiger partial charge in [-0.3, -0.25) is 9.69 Å². The zero-order chi connectivity index (χ0) is 16.9. The lowest BCUT2D eigenvalue weighted by Crippen LogP contribution is -2.33. The van der Waals surface area contributed by atoms with Crippen LogP contribution in [0.15, 0.2) is 35.7 Å². The van der Waals surface area contributed by atoms with Crippen molar-refractivity contribution in [2.24, 2.45) is 0 Å². The molecule has 1 amide bonds. The van der Waals surface area contributed by atoms with Gasteiger partial charge >= 0.3 is 0 Å². The molecule has 24 heavy (non-hydrogen) atoms. The number of anilines is 1. The number of thiophene rings is 1. The summed E-state index contributed by atoms with van der Waals surface area (Å²) in [6, 6.07) is 11.0. The Hall–Kier alpha value is -1.65. The SMILES string of the molecule is CCc1cccc(CC)c1NC(=O)CN1CCC[C@H]1c1cccs1. The molecule has 1 atom stereocenters. The zero-order valence-corrected chi connectivity index (χ0v) is 15.4. The Morgan fingerprint density at radius 1 is 1.21 bits per heavy atom. The number of nitrogens with one attached hydrogen (secondary N) is 1. The molecule has 0 unspecified atom stereocenters. The maximum atomic E-state index is 12.7. The van der Waals surface area contributed by atoms with E-state index in [9.17, 15) is 4.79 Å². The monoisotopic (exact) mass is 342 g/mol. The molecular weight excluding hydrogens is 316 g/mol. The second-order valence-corrected chi connectivity index (χ2v) is 7.33. The van der Waals surface area contributed by atoms with Crippen LogP contribution in [0.2, 0.25) is 0 Å². The number of hydrogen-bond acceptors (Lipinski definition) is 3. The van der Waals surface area contributed by atoms with E-state index in [2.05, 4.69) is 59.8 Å². The number of benzene rings is 1. The molecular formula is C20H26N2OS. The summed E-state index contributed by atoms with van der Waals surface area (Å²) in [6.45, 7) is 5.76. The summed E-state index contributed by atoms with van der Waals surface area (Å²) in [5.41, 5.74) is 3.47. The van der Waals surface area contributed by atoms with Crippen LogP contribution < -0.4 is 5.32 Å². The van der Waals surface area contributed by atoms with Crippen LogP contribution in [0.3, 0.4) is 0 Å². The highest BCUT2D eigenvalue weighted by Gasteiger charge is 2.28. The molecule has 1 fully saturated rings. The molecule has 1 aliphatic rings. The van der Waals surface area contributed by atoms with Gasteiger partial charge in [0.25, 0.3) is 0 Å². The lowest BCUT2D eigenvalue weighted by Gasteiger charge is -2.23. The highest BCUT2D eigenvalue weighted by atomic mass is 32.1. The molecule has 2 aromatic rings. The Balaban J connectivity index is 1.70. The van der Waals surface area contributed by atoms with Crippen LogP contribution in [0.1, 0.15) is 48.7 Å². The van der Waals surface area contributed by atoms with Gasteiger partial charge in [-0.1, -0.05) is 38.1 Å². The molecule has 0 saturated carbocycles. The highest BCUT2D eigenvalue weighted by molar-refractivity contribution is 7.10. The minimum Gasteiger partial charge on any atom is -0.324 e. The van der Waals surface area contributed by atoms with Gasteiger partial charge in [-0.05, 0) is 54.8 Å². The molecule has 2 heterocycles. The Kier molecular flexibility index (Phi) is 5.69. The third-order valence-corrected chi connectivity index (χ3v) is 5.82. The fraction of sp³-hybridized carbons (Fsp3) is 0.450. The first-order chi connectivity index (χ1) is 11.7. The second-order valence-electron chi connectivity index (χ2n) is 6.35. The van der Waals surface area contributed by atoms with Crippen LogP contribution >= 0.6 is 11.3 Å². The smallest absolute Gasteiger partial charge is 0.238 e. The second kappa shape index (κ2) is 7.95. The van der Waals surface area contributed by atoms with Gasteiger partial charge in [0.2, 0.25) is 5.91 Å². The van der Waals surface area contributed by atoms with Crippen LogP contribution in [-0.2, 0) is 17.6 Å². The van der Waals surface area contributed by atoms with Gasteiger partial charge in [-0.15, -0.1) is 11.3 Å². The van der Waals surface area contributed by atoms with Crippen molar-refractivity contribution in [3.05, 3.63) is 51.7 Å². The van der Waals surface area contributed by atoms with Gasteiger partial charge in [0, 0.05) is 16.6 Å². The molecule has 1 aromatic carbocycles. The van der Waals surface area contributed by atoms with E-state index in [1.165, 1.54) is 22.4 Å². The zero-order valence-electron chi connectivity index (χ0n) is 14.5. The summed E-state index contributed by atoms with van der Waals surface area (Å²) in [4.78, 5) is 16.4. The first kappa shape index (κ1) is 17.2. The predicted octanol–water partition coefficient (Wildman–Crippen LogP) is 4.65. The number of nitrogens with zero attached hydrogens (tertiary/aromatic N) is 1. The van der Waals surface area contributed by atoms with E-state index in [-0.39, 0.29) is 5.91 Å². The fourth-order valence-electron chi connectivity index (χ4n) is 3.58. The fourth-order valence-corrected chi connectivity index (χ4v) is 4.48. The van der Waals surface area contributed by atoms with Crippen LogP contribution in [0, 0.1) is 0 Å². The molecule has 1 N–H and O–H groups in total. The van der Waals surface area contributed by atoms with E-state index in [1.807, 2.05) is 0 Å². The standard InChI is InChI=1S/C20H26N2OS/c1-3-15-8-5-9-16(4-2)20(15)21-19(23)14-22-12-6-10-17(22)18-11-7-13-24-18/h5,7-9,11,13,17H,3-4,6,10,12,14H2,1-2H3,(H,21,23)/t17-/m0/s1. The van der Waals surface area contributed by atoms with Crippen molar-refractivity contribution < 1.29 is 4.79 Å². The van der Waals surface area contributed by atoms with Crippen molar-refractivity contribution in [1.82, 2.24) is 4.90 Å². The van der Waals surface area contributed by atoms with Crippen LogP contribution in [0.25, 0.3) is 0 Å². The summed E-state index contributed by atoms with van der Waals surface area (Å²) in [5.74, 6) is 0.106. The van der Waals surface area contributed by atoms with Crippen molar-refractivity contribution in [3.63, 3.8) is 0 Å². The minimum atomic E-state index is 0.106. The number of carbonyl (C=O) groups is 1. The third-order valence-electron chi connectivity index (χ3n) is 4.85. The van der Waals surface area contributed by atoms with Gasteiger partial charge < -0.3 is 5.32 Å². The maximum absolute atomic E-state index is 12.7. The topological polar surface area (TPSA) is 32.3 Å². The van der Waals surface area contributed by atoms with E-state index in [1.54, 1.807) is 11.3 Å². The molecule has 1 aromatic heterocycles. The Labute approximate surface area is 148 Å². The number of rotatable bonds is 6. The van der Waals surface area contributed by atoms with Gasteiger partial charge in [0.15, 0.2) is 0 Å². The van der Waals surface area contributed by atoms with Crippen LogP contribution in [0.4, 0.5) is 5.69 Å². The quantitative estimate of drug-likeness (QED) is 0.829. The maximum Gasteiger partial charge on any atom is 0.238 e. The summed E-state index contributed by atoms with van der Waals surface area (Å²) in [7, 11) is 0. The molecule has 128 valence electrons. The van der Waals surface area contributed by atoms with E-state index in [0.29, 0.717) is 12.6 Å². The first-order valence-corrected chi connectivity index (χ1v) is 9.79. The molecule has 0 bridgehead atoms. The number of carbonyl (C=O) groups excluding carboxylic acids is 1. The highest BCUT2D eigenvalue weighted by Crippen LogP contribution is 2.34. The van der Waals surface area contributed by atoms with Gasteiger partial charge in [-0.25, -0.2) is 0 Å². The number of para-hydroxylation sites is 1. The van der Waals surface area contributed by atoms with Crippen molar-refractivity contribution in [3.8, 4) is 0 Å². The summed E-state index contributed by atoms with van der Waals surface area (Å²) >= 11 is 1.79. The molecule has 3 nitrogen and oxygen atoms in total. The van der Waals surface area contributed by atoms with Crippen LogP contribution in [-0.4, -0.2) is 23.9 Å². The van der Waals surface area contributed by atoms with Gasteiger partial charge in [-0.2, -0.15) is 0 Å². The van der Waals surface area contributed by atoms with E-state index in [4.69, 9.17) is 0 Å². The summed E-state index contributed by atoms with van der Waals surface area (Å²) < 4.78 is 0. The molecule has 1 aliphatic heterocycles. The van der Waals surface area contributed by atoms with Crippen molar-refractivity contribution >= 4 is 22.9 Å². The van der Waals surface area contributed by atoms with Crippen LogP contribution in [0.5, 0.6) is 0 Å². The largest absolute Gasteiger partial charge is 0.324 e. The normalized spacial score (nSPS) is 18.0. The van der Waals surface area contributed by atoms with Crippen molar-refractivity contribution in [2.75, 3.05) is 18.4 Å². The third kappa shape index (κ3) is 3.70. The Morgan fingerprint density at radius 3 is 2.58 bits per heavy atom. The Bertz CT molecular complexity index is 659. The van der Waals surface area contributed by atoms with E-state index < -0.39 is 0 Å². The van der Waals surface area contributed by atoms with Gasteiger partial charge in [0.1, 0.15) is 0 Å². The van der Waals surface area contributed by atoms with Crippen molar-refractivity contribution in [2.45, 2.75) is 45.6 Å². The molecule has 0 radical (unpaired) electrons. The lowest BCUT2D eigenvalue weighted by molar-refractivity contribution is -0.117. The Morgan fingerprint density at radius 2 is 1.96 bits per heavy atom. The minimum absolute atomic E-state index is 0.106. The van der Waals surface area contributed by atoms with Gasteiger partial charge in [0.05, 0.1) is 6.54 Å². The predicted molar refractivity (Wildman–Crippen MR) is 102 cm³/mol. The molecule has 0 spiro atoms. The number of hydrogen-bond donors (Lipinski definition) is 1.